The highest BCUT2D eigenvalue weighted by molar-refractivity contribution is 6.20. The van der Waals surface area contributed by atoms with Crippen molar-refractivity contribution in [3.63, 3.8) is 0 Å². The molecule has 0 unspecified atom stereocenters. The van der Waals surface area contributed by atoms with Gasteiger partial charge in [-0.3, -0.25) is 9.59 Å². The summed E-state index contributed by atoms with van der Waals surface area (Å²) in [6, 6.07) is 16.4. The smallest absolute Gasteiger partial charge is 0.339 e. The van der Waals surface area contributed by atoms with Crippen molar-refractivity contribution in [2.45, 2.75) is 53.4 Å². The second-order valence-electron chi connectivity index (χ2n) is 13.8. The van der Waals surface area contributed by atoms with E-state index in [1.807, 2.05) is 13.8 Å². The third-order valence-electron chi connectivity index (χ3n) is 9.37. The zero-order chi connectivity index (χ0) is 39.8. The number of esters is 1. The summed E-state index contributed by atoms with van der Waals surface area (Å²) in [6.45, 7) is 8.40. The maximum Gasteiger partial charge on any atom is 0.339 e. The van der Waals surface area contributed by atoms with Crippen LogP contribution in [0.1, 0.15) is 59.6 Å². The van der Waals surface area contributed by atoms with Crippen LogP contribution in [0.25, 0.3) is 23.5 Å². The van der Waals surface area contributed by atoms with Crippen LogP contribution >= 0.6 is 0 Å². The first-order valence-electron chi connectivity index (χ1n) is 18.1. The number of aliphatic carboxylic acids is 1. The topological polar surface area (TPSA) is 145 Å². The molecule has 290 valence electrons. The van der Waals surface area contributed by atoms with Gasteiger partial charge in [-0.2, -0.15) is 0 Å². The number of rotatable bonds is 14. The minimum absolute atomic E-state index is 0.0699. The molecule has 4 aromatic rings. The van der Waals surface area contributed by atoms with Crippen LogP contribution in [0.2, 0.25) is 0 Å². The Morgan fingerprint density at radius 1 is 0.618 bits per heavy atom. The molecule has 0 bridgehead atoms. The average molecular weight is 753 g/mol. The van der Waals surface area contributed by atoms with Gasteiger partial charge in [0.1, 0.15) is 0 Å². The Balaban J connectivity index is 0.000000211. The van der Waals surface area contributed by atoms with E-state index in [4.69, 9.17) is 23.7 Å². The number of pyridine rings is 2. The van der Waals surface area contributed by atoms with Crippen molar-refractivity contribution in [1.82, 2.24) is 9.13 Å². The number of carboxylic acid groups (broad SMARTS) is 1. The lowest BCUT2D eigenvalue weighted by Crippen LogP contribution is -2.11. The minimum atomic E-state index is -1.06. The zero-order valence-corrected chi connectivity index (χ0v) is 32.3. The van der Waals surface area contributed by atoms with E-state index in [-0.39, 0.29) is 16.4 Å². The summed E-state index contributed by atoms with van der Waals surface area (Å²) in [5, 5.41) is 9.75. The molecule has 12 heteroatoms. The van der Waals surface area contributed by atoms with Crippen molar-refractivity contribution in [2.24, 2.45) is 11.8 Å². The van der Waals surface area contributed by atoms with Crippen molar-refractivity contribution in [3.8, 4) is 23.0 Å². The lowest BCUT2D eigenvalue weighted by molar-refractivity contribution is -0.133. The molecular formula is C43H48N2O10. The molecule has 0 atom stereocenters. The van der Waals surface area contributed by atoms with Crippen molar-refractivity contribution < 1.29 is 38.4 Å². The highest BCUT2D eigenvalue weighted by atomic mass is 16.5. The number of hydrogen-bond donors (Lipinski definition) is 1. The summed E-state index contributed by atoms with van der Waals surface area (Å²) in [6.07, 6.45) is 7.89. The summed E-state index contributed by atoms with van der Waals surface area (Å²) in [7, 11) is 4.48. The van der Waals surface area contributed by atoms with E-state index in [9.17, 15) is 24.3 Å². The van der Waals surface area contributed by atoms with E-state index in [0.717, 1.165) is 24.2 Å². The molecule has 2 heterocycles. The Labute approximate surface area is 320 Å². The molecule has 6 rings (SSSR count). The van der Waals surface area contributed by atoms with Crippen LogP contribution in [-0.4, -0.2) is 60.7 Å². The predicted molar refractivity (Wildman–Crippen MR) is 211 cm³/mol. The molecule has 2 aliphatic rings. The Kier molecular flexibility index (Phi) is 13.0. The van der Waals surface area contributed by atoms with Crippen LogP contribution in [0.3, 0.4) is 0 Å². The number of benzene rings is 2. The molecule has 2 aromatic carbocycles. The molecule has 0 saturated heterocycles. The first kappa shape index (κ1) is 40.2. The zero-order valence-electron chi connectivity index (χ0n) is 32.3. The van der Waals surface area contributed by atoms with Gasteiger partial charge in [-0.05, 0) is 101 Å². The molecule has 1 N–H and O–H groups in total. The van der Waals surface area contributed by atoms with Gasteiger partial charge in [-0.15, -0.1) is 0 Å². The van der Waals surface area contributed by atoms with Gasteiger partial charge in [0.25, 0.3) is 0 Å². The Hall–Kier alpha value is -6.04. The van der Waals surface area contributed by atoms with Crippen LogP contribution in [0.4, 0.5) is 0 Å². The molecule has 0 radical (unpaired) electrons. The Morgan fingerprint density at radius 3 is 1.35 bits per heavy atom. The van der Waals surface area contributed by atoms with Crippen LogP contribution in [0, 0.1) is 39.5 Å². The number of ether oxygens (including phenoxy) is 5. The van der Waals surface area contributed by atoms with Gasteiger partial charge in [0, 0.05) is 59.4 Å². The summed E-state index contributed by atoms with van der Waals surface area (Å²) in [4.78, 5) is 47.8. The number of methoxy groups -OCH3 is 3. The van der Waals surface area contributed by atoms with Gasteiger partial charge >= 0.3 is 11.9 Å². The lowest BCUT2D eigenvalue weighted by Gasteiger charge is -2.15. The molecule has 0 amide bonds. The largest absolute Gasteiger partial charge is 0.493 e. The van der Waals surface area contributed by atoms with E-state index in [1.165, 1.54) is 50.4 Å². The van der Waals surface area contributed by atoms with Crippen LogP contribution in [0.5, 0.6) is 23.0 Å². The molecule has 2 saturated carbocycles. The van der Waals surface area contributed by atoms with Gasteiger partial charge in [0.15, 0.2) is 33.9 Å². The van der Waals surface area contributed by atoms with Gasteiger partial charge < -0.3 is 37.9 Å². The molecule has 2 fully saturated rings. The maximum absolute atomic E-state index is 12.5. The second-order valence-corrected chi connectivity index (χ2v) is 13.8. The molecule has 2 aromatic heterocycles. The standard InChI is InChI=1S/C22H25NO5.C21H23NO5/c1-14-9-18(24)10-15(2)23(14)12-19(22(25)27-4)17-7-8-20(26-3)21(11-17)28-13-16-5-6-16;1-13-8-17(23)9-14(2)22(13)11-18(21(24)25)16-6-7-19(26-3)20(10-16)27-12-15-4-5-15/h7-12,16H,5-6,13H2,1-4H3;6-11,15H,4-5,12H2,1-3H3,(H,24,25)/b19-12-;18-11-. The van der Waals surface area contributed by atoms with E-state index in [2.05, 4.69) is 0 Å². The summed E-state index contributed by atoms with van der Waals surface area (Å²) < 4.78 is 31.0. The van der Waals surface area contributed by atoms with E-state index < -0.39 is 11.9 Å². The van der Waals surface area contributed by atoms with E-state index in [1.54, 1.807) is 79.8 Å². The quantitative estimate of drug-likeness (QED) is 0.108. The number of carbonyl (C=O) groups is 2. The summed E-state index contributed by atoms with van der Waals surface area (Å²) in [5.41, 5.74) is 4.22. The third kappa shape index (κ3) is 10.6. The fourth-order valence-corrected chi connectivity index (χ4v) is 5.91. The second kappa shape index (κ2) is 17.9. The monoisotopic (exact) mass is 752 g/mol. The fraction of sp³-hybridized carbons (Fsp3) is 0.349. The number of carbonyl (C=O) groups excluding carboxylic acids is 1. The fourth-order valence-electron chi connectivity index (χ4n) is 5.91. The highest BCUT2D eigenvalue weighted by Crippen LogP contribution is 2.36. The van der Waals surface area contributed by atoms with Crippen molar-refractivity contribution in [2.75, 3.05) is 34.5 Å². The SMILES string of the molecule is COC(=O)/C(=C\n1c(C)cc(=O)cc1C)c1ccc(OC)c(OCC2CC2)c1.COc1ccc(/C(=C/n2c(C)cc(=O)cc2C)C(=O)O)cc1OCC1CC1. The number of aromatic nitrogens is 2. The Bertz CT molecular complexity index is 2190. The molecule has 12 nitrogen and oxygen atoms in total. The number of carboxylic acids is 1. The van der Waals surface area contributed by atoms with Gasteiger partial charge in [0.2, 0.25) is 0 Å². The molecule has 0 aliphatic heterocycles. The van der Waals surface area contributed by atoms with Crippen molar-refractivity contribution in [1.29, 1.82) is 0 Å². The van der Waals surface area contributed by atoms with Gasteiger partial charge in [-0.1, -0.05) is 12.1 Å². The Morgan fingerprint density at radius 2 is 1.00 bits per heavy atom. The number of aryl methyl sites for hydroxylation is 4. The van der Waals surface area contributed by atoms with Crippen LogP contribution in [0.15, 0.2) is 70.3 Å². The molecular weight excluding hydrogens is 704 g/mol. The molecule has 2 aliphatic carbocycles. The maximum atomic E-state index is 12.5. The average Bonchev–Trinajstić information content (AvgIpc) is 4.09. The van der Waals surface area contributed by atoms with Gasteiger partial charge in [-0.25, -0.2) is 9.59 Å². The summed E-state index contributed by atoms with van der Waals surface area (Å²) >= 11 is 0. The van der Waals surface area contributed by atoms with Crippen molar-refractivity contribution in [3.05, 3.63) is 115 Å². The first-order chi connectivity index (χ1) is 26.3. The first-order valence-corrected chi connectivity index (χ1v) is 18.1. The normalized spacial score (nSPS) is 14.0. The van der Waals surface area contributed by atoms with Crippen LogP contribution in [-0.2, 0) is 14.3 Å². The molecule has 55 heavy (non-hydrogen) atoms. The van der Waals surface area contributed by atoms with Crippen molar-refractivity contribution >= 4 is 35.5 Å². The predicted octanol–water partition coefficient (Wildman–Crippen LogP) is 6.78. The minimum Gasteiger partial charge on any atom is -0.493 e. The highest BCUT2D eigenvalue weighted by Gasteiger charge is 2.24. The van der Waals surface area contributed by atoms with E-state index in [0.29, 0.717) is 76.1 Å². The van der Waals surface area contributed by atoms with Gasteiger partial charge in [0.05, 0.1) is 45.7 Å². The third-order valence-corrected chi connectivity index (χ3v) is 9.37. The number of nitrogens with zero attached hydrogens (tertiary/aromatic N) is 2. The van der Waals surface area contributed by atoms with Crippen LogP contribution < -0.4 is 29.8 Å². The summed E-state index contributed by atoms with van der Waals surface area (Å²) in [5.74, 6) is 1.93. The number of hydrogen-bond acceptors (Lipinski definition) is 9. The molecule has 0 spiro atoms. The lowest BCUT2D eigenvalue weighted by atomic mass is 10.1. The van der Waals surface area contributed by atoms with E-state index >= 15 is 0 Å².